The van der Waals surface area contributed by atoms with Crippen molar-refractivity contribution < 1.29 is 22.8 Å². The minimum Gasteiger partial charge on any atom is -0.211 e. The fourth-order valence-corrected chi connectivity index (χ4v) is 1.21. The number of nitrogens with zero attached hydrogens (tertiary/aromatic N) is 2. The Kier molecular flexibility index (Phi) is 6.28. The van der Waals surface area contributed by atoms with Crippen LogP contribution in [0, 0.1) is 17.5 Å². The normalized spacial score (nSPS) is 8.71. The third-order valence-electron chi connectivity index (χ3n) is 2.09. The zero-order valence-electron chi connectivity index (χ0n) is 10.4. The summed E-state index contributed by atoms with van der Waals surface area (Å²) in [7, 11) is 0. The number of benzene rings is 2. The second-order valence-corrected chi connectivity index (χ2v) is 3.45. The van der Waals surface area contributed by atoms with Crippen molar-refractivity contribution in [2.24, 2.45) is 9.98 Å². The van der Waals surface area contributed by atoms with Gasteiger partial charge < -0.3 is 0 Å². The smallest absolute Gasteiger partial charge is 0.211 e. The van der Waals surface area contributed by atoms with E-state index in [1.165, 1.54) is 24.3 Å². The maximum absolute atomic E-state index is 12.5. The number of hydrogen-bond acceptors (Lipinski definition) is 4. The molecule has 0 N–H and O–H groups in total. The number of carbonyl (C=O) groups excluding carboxylic acids is 2. The Labute approximate surface area is 117 Å². The van der Waals surface area contributed by atoms with E-state index in [1.807, 2.05) is 0 Å². The summed E-state index contributed by atoms with van der Waals surface area (Å²) in [5.41, 5.74) is -0.182. The summed E-state index contributed by atoms with van der Waals surface area (Å²) >= 11 is 0. The van der Waals surface area contributed by atoms with Crippen LogP contribution in [0.15, 0.2) is 52.4 Å². The van der Waals surface area contributed by atoms with Gasteiger partial charge in [0.05, 0.1) is 0 Å². The predicted octanol–water partition coefficient (Wildman–Crippen LogP) is 3.73. The zero-order chi connectivity index (χ0) is 15.7. The van der Waals surface area contributed by atoms with E-state index < -0.39 is 17.5 Å². The Morgan fingerprint density at radius 3 is 1.86 bits per heavy atom. The molecule has 106 valence electrons. The molecule has 0 spiro atoms. The van der Waals surface area contributed by atoms with E-state index in [0.29, 0.717) is 6.07 Å². The van der Waals surface area contributed by atoms with Crippen LogP contribution in [0.25, 0.3) is 0 Å². The van der Waals surface area contributed by atoms with Crippen LogP contribution in [0.1, 0.15) is 0 Å². The molecule has 0 unspecified atom stereocenters. The monoisotopic (exact) mass is 292 g/mol. The molecule has 0 aliphatic rings. The highest BCUT2D eigenvalue weighted by atomic mass is 19.1. The van der Waals surface area contributed by atoms with Crippen LogP contribution < -0.4 is 0 Å². The van der Waals surface area contributed by atoms with Gasteiger partial charge in [0.2, 0.25) is 12.2 Å². The molecule has 2 rings (SSSR count). The molecule has 0 saturated carbocycles. The van der Waals surface area contributed by atoms with E-state index in [9.17, 15) is 22.8 Å². The number of halogens is 3. The second kappa shape index (κ2) is 8.22. The molecular formula is C14H7F3N2O2. The highest BCUT2D eigenvalue weighted by molar-refractivity contribution is 5.49. The lowest BCUT2D eigenvalue weighted by Gasteiger charge is -1.91. The minimum atomic E-state index is -0.867. The molecule has 0 atom stereocenters. The van der Waals surface area contributed by atoms with Crippen LogP contribution in [-0.4, -0.2) is 12.2 Å². The molecule has 0 aliphatic carbocycles. The van der Waals surface area contributed by atoms with Gasteiger partial charge in [-0.05, 0) is 24.3 Å². The lowest BCUT2D eigenvalue weighted by Crippen LogP contribution is -1.78. The highest BCUT2D eigenvalue weighted by Gasteiger charge is 2.00. The van der Waals surface area contributed by atoms with Crippen molar-refractivity contribution in [3.63, 3.8) is 0 Å². The average molecular weight is 292 g/mol. The summed E-state index contributed by atoms with van der Waals surface area (Å²) in [6.45, 7) is 0. The van der Waals surface area contributed by atoms with Crippen molar-refractivity contribution in [1.82, 2.24) is 0 Å². The van der Waals surface area contributed by atoms with E-state index in [4.69, 9.17) is 0 Å². The van der Waals surface area contributed by atoms with Crippen molar-refractivity contribution in [3.8, 4) is 0 Å². The van der Waals surface area contributed by atoms with Crippen LogP contribution in [0.4, 0.5) is 24.5 Å². The number of para-hydroxylation sites is 1. The molecule has 0 aromatic heterocycles. The molecule has 0 heterocycles. The molecule has 0 saturated heterocycles. The first kappa shape index (κ1) is 16.0. The van der Waals surface area contributed by atoms with Gasteiger partial charge in [-0.2, -0.15) is 9.98 Å². The van der Waals surface area contributed by atoms with Crippen LogP contribution in [0.3, 0.4) is 0 Å². The van der Waals surface area contributed by atoms with Crippen LogP contribution in [-0.2, 0) is 9.59 Å². The minimum absolute atomic E-state index is 0.0255. The third kappa shape index (κ3) is 5.24. The zero-order valence-corrected chi connectivity index (χ0v) is 10.4. The Bertz CT molecular complexity index is 722. The molecule has 0 fully saturated rings. The number of hydrogen-bond donors (Lipinski definition) is 0. The van der Waals surface area contributed by atoms with Crippen molar-refractivity contribution in [1.29, 1.82) is 0 Å². The van der Waals surface area contributed by atoms with Gasteiger partial charge in [0, 0.05) is 6.07 Å². The molecule has 0 radical (unpaired) electrons. The van der Waals surface area contributed by atoms with Gasteiger partial charge in [0.15, 0.2) is 5.82 Å². The molecule has 0 amide bonds. The van der Waals surface area contributed by atoms with Gasteiger partial charge in [-0.25, -0.2) is 22.8 Å². The summed E-state index contributed by atoms with van der Waals surface area (Å²) in [6, 6.07) is 8.49. The van der Waals surface area contributed by atoms with E-state index in [2.05, 4.69) is 9.98 Å². The van der Waals surface area contributed by atoms with Crippen molar-refractivity contribution in [2.75, 3.05) is 0 Å². The first-order chi connectivity index (χ1) is 10.1. The summed E-state index contributed by atoms with van der Waals surface area (Å²) in [6.07, 6.45) is 2.42. The summed E-state index contributed by atoms with van der Waals surface area (Å²) in [4.78, 5) is 25.5. The van der Waals surface area contributed by atoms with Gasteiger partial charge in [-0.3, -0.25) is 0 Å². The topological polar surface area (TPSA) is 58.9 Å². The summed E-state index contributed by atoms with van der Waals surface area (Å²) in [5.74, 6) is -2.08. The maximum atomic E-state index is 12.5. The van der Waals surface area contributed by atoms with E-state index >= 15 is 0 Å². The molecule has 4 nitrogen and oxygen atoms in total. The van der Waals surface area contributed by atoms with E-state index in [1.54, 1.807) is 6.07 Å². The second-order valence-electron chi connectivity index (χ2n) is 3.45. The van der Waals surface area contributed by atoms with Crippen LogP contribution >= 0.6 is 0 Å². The fraction of sp³-hybridized carbons (Fsp3) is 0. The Morgan fingerprint density at radius 1 is 0.762 bits per heavy atom. The van der Waals surface area contributed by atoms with Crippen LogP contribution in [0.2, 0.25) is 0 Å². The third-order valence-corrected chi connectivity index (χ3v) is 2.09. The standard InChI is InChI=1S/C7H3F2NO.C7H4FNO/c8-5-1-2-7(10-4-11)6(9)3-5;8-6-3-1-2-4-7(6)9-5-10/h1-3H;1-4H. The summed E-state index contributed by atoms with van der Waals surface area (Å²) in [5, 5.41) is 0. The largest absolute Gasteiger partial charge is 0.240 e. The lowest BCUT2D eigenvalue weighted by atomic mass is 10.3. The van der Waals surface area contributed by atoms with Gasteiger partial charge in [-0.1, -0.05) is 12.1 Å². The predicted molar refractivity (Wildman–Crippen MR) is 68.3 cm³/mol. The van der Waals surface area contributed by atoms with Crippen molar-refractivity contribution in [3.05, 3.63) is 59.9 Å². The van der Waals surface area contributed by atoms with E-state index in [0.717, 1.165) is 18.2 Å². The Balaban J connectivity index is 0.000000211. The quantitative estimate of drug-likeness (QED) is 0.625. The fourth-order valence-electron chi connectivity index (χ4n) is 1.21. The Hall–Kier alpha value is -3.01. The lowest BCUT2D eigenvalue weighted by molar-refractivity contribution is 0.562. The van der Waals surface area contributed by atoms with E-state index in [-0.39, 0.29) is 11.4 Å². The summed E-state index contributed by atoms with van der Waals surface area (Å²) < 4.78 is 37.2. The first-order valence-electron chi connectivity index (χ1n) is 5.44. The van der Waals surface area contributed by atoms with Gasteiger partial charge >= 0.3 is 0 Å². The van der Waals surface area contributed by atoms with Gasteiger partial charge in [0.1, 0.15) is 23.0 Å². The molecule has 0 aliphatic heterocycles. The maximum Gasteiger partial charge on any atom is 0.240 e. The van der Waals surface area contributed by atoms with Gasteiger partial charge in [-0.15, -0.1) is 0 Å². The number of aliphatic imine (C=N–C) groups is 2. The highest BCUT2D eigenvalue weighted by Crippen LogP contribution is 2.17. The molecule has 0 bridgehead atoms. The van der Waals surface area contributed by atoms with Crippen molar-refractivity contribution >= 4 is 23.5 Å². The average Bonchev–Trinajstić information content (AvgIpc) is 2.46. The molecular weight excluding hydrogens is 285 g/mol. The molecule has 2 aromatic rings. The van der Waals surface area contributed by atoms with Crippen LogP contribution in [0.5, 0.6) is 0 Å². The first-order valence-corrected chi connectivity index (χ1v) is 5.44. The number of rotatable bonds is 2. The molecule has 7 heteroatoms. The Morgan fingerprint density at radius 2 is 1.33 bits per heavy atom. The molecule has 2 aromatic carbocycles. The molecule has 21 heavy (non-hydrogen) atoms. The van der Waals surface area contributed by atoms with Gasteiger partial charge in [0.25, 0.3) is 0 Å². The number of isocyanates is 2. The SMILES string of the molecule is O=C=Nc1ccc(F)cc1F.O=C=Nc1ccccc1F. The van der Waals surface area contributed by atoms with Crippen molar-refractivity contribution in [2.45, 2.75) is 0 Å².